The lowest BCUT2D eigenvalue weighted by Gasteiger charge is -2.20. The van der Waals surface area contributed by atoms with Gasteiger partial charge >= 0.3 is 12.1 Å². The number of rotatable bonds is 10. The van der Waals surface area contributed by atoms with Gasteiger partial charge in [-0.05, 0) is 27.2 Å². The van der Waals surface area contributed by atoms with E-state index in [1.54, 1.807) is 20.8 Å². The first-order chi connectivity index (χ1) is 9.70. The number of carbonyl (C=O) groups is 2. The summed E-state index contributed by atoms with van der Waals surface area (Å²) in [7, 11) is 0. The smallest absolute Gasteiger partial charge is 0.407 e. The van der Waals surface area contributed by atoms with E-state index in [-0.39, 0.29) is 26.4 Å². The van der Waals surface area contributed by atoms with Crippen LogP contribution >= 0.6 is 0 Å². The molecular formula is C13H25NO7. The highest BCUT2D eigenvalue weighted by atomic mass is 16.6. The average Bonchev–Trinajstić information content (AvgIpc) is 2.32. The molecule has 8 heteroatoms. The van der Waals surface area contributed by atoms with Crippen LogP contribution < -0.4 is 5.32 Å². The van der Waals surface area contributed by atoms with Crippen molar-refractivity contribution < 1.29 is 34.0 Å². The van der Waals surface area contributed by atoms with E-state index in [0.29, 0.717) is 13.0 Å². The van der Waals surface area contributed by atoms with Crippen molar-refractivity contribution in [3.8, 4) is 0 Å². The van der Waals surface area contributed by atoms with E-state index in [4.69, 9.17) is 19.3 Å². The lowest BCUT2D eigenvalue weighted by Crippen LogP contribution is -2.38. The zero-order valence-corrected chi connectivity index (χ0v) is 12.8. The van der Waals surface area contributed by atoms with E-state index in [1.807, 2.05) is 0 Å². The Kier molecular flexibility index (Phi) is 9.68. The topological polar surface area (TPSA) is 114 Å². The molecule has 0 bridgehead atoms. The fourth-order valence-corrected chi connectivity index (χ4v) is 1.22. The third kappa shape index (κ3) is 14.8. The van der Waals surface area contributed by atoms with Gasteiger partial charge < -0.3 is 29.7 Å². The predicted molar refractivity (Wildman–Crippen MR) is 74.1 cm³/mol. The van der Waals surface area contributed by atoms with Crippen LogP contribution in [0.5, 0.6) is 0 Å². The summed E-state index contributed by atoms with van der Waals surface area (Å²) in [4.78, 5) is 21.5. The highest BCUT2D eigenvalue weighted by Crippen LogP contribution is 2.06. The van der Waals surface area contributed by atoms with Gasteiger partial charge in [-0.25, -0.2) is 9.59 Å². The molecule has 0 fully saturated rings. The molecule has 0 rings (SSSR count). The van der Waals surface area contributed by atoms with Gasteiger partial charge in [-0.1, -0.05) is 0 Å². The van der Waals surface area contributed by atoms with Crippen LogP contribution in [0.4, 0.5) is 4.79 Å². The SMILES string of the molecule is CC(C)(C)OC(=O)NCC(O)COCCCOCC(=O)O. The summed E-state index contributed by atoms with van der Waals surface area (Å²) in [5.41, 5.74) is -0.582. The van der Waals surface area contributed by atoms with Crippen LogP contribution in [-0.4, -0.2) is 67.0 Å². The second-order valence-electron chi connectivity index (χ2n) is 5.41. The largest absolute Gasteiger partial charge is 0.480 e. The van der Waals surface area contributed by atoms with Crippen molar-refractivity contribution in [3.05, 3.63) is 0 Å². The number of ether oxygens (including phenoxy) is 3. The first-order valence-electron chi connectivity index (χ1n) is 6.73. The van der Waals surface area contributed by atoms with Crippen molar-refractivity contribution in [2.24, 2.45) is 0 Å². The number of carbonyl (C=O) groups excluding carboxylic acids is 1. The van der Waals surface area contributed by atoms with Crippen LogP contribution in [0.1, 0.15) is 27.2 Å². The van der Waals surface area contributed by atoms with Gasteiger partial charge in [-0.3, -0.25) is 0 Å². The number of nitrogens with one attached hydrogen (secondary N) is 1. The minimum absolute atomic E-state index is 0.0322. The summed E-state index contributed by atoms with van der Waals surface area (Å²) in [5, 5.41) is 20.3. The van der Waals surface area contributed by atoms with Crippen molar-refractivity contribution in [1.29, 1.82) is 0 Å². The van der Waals surface area contributed by atoms with E-state index in [2.05, 4.69) is 5.32 Å². The zero-order valence-electron chi connectivity index (χ0n) is 12.8. The first kappa shape index (κ1) is 19.6. The molecule has 1 amide bonds. The number of aliphatic carboxylic acids is 1. The molecule has 0 spiro atoms. The standard InChI is InChI=1S/C13H25NO7/c1-13(2,3)21-12(18)14-7-10(15)8-19-5-4-6-20-9-11(16)17/h10,15H,4-9H2,1-3H3,(H,14,18)(H,16,17). The molecule has 0 saturated heterocycles. The highest BCUT2D eigenvalue weighted by Gasteiger charge is 2.16. The summed E-state index contributed by atoms with van der Waals surface area (Å²) < 4.78 is 15.0. The monoisotopic (exact) mass is 307 g/mol. The molecule has 0 aliphatic rings. The third-order valence-corrected chi connectivity index (χ3v) is 1.99. The van der Waals surface area contributed by atoms with Crippen molar-refractivity contribution >= 4 is 12.1 Å². The molecule has 0 radical (unpaired) electrons. The molecule has 124 valence electrons. The maximum absolute atomic E-state index is 11.3. The Morgan fingerprint density at radius 1 is 1.19 bits per heavy atom. The number of aliphatic hydroxyl groups is 1. The lowest BCUT2D eigenvalue weighted by molar-refractivity contribution is -0.142. The average molecular weight is 307 g/mol. The fraction of sp³-hybridized carbons (Fsp3) is 0.846. The molecule has 0 aliphatic heterocycles. The predicted octanol–water partition coefficient (Wildman–Crippen LogP) is 0.380. The Morgan fingerprint density at radius 2 is 1.81 bits per heavy atom. The number of aliphatic hydroxyl groups excluding tert-OH is 1. The lowest BCUT2D eigenvalue weighted by atomic mass is 10.2. The maximum atomic E-state index is 11.3. The molecular weight excluding hydrogens is 282 g/mol. The number of hydrogen-bond donors (Lipinski definition) is 3. The number of hydrogen-bond acceptors (Lipinski definition) is 6. The van der Waals surface area contributed by atoms with Gasteiger partial charge in [0.25, 0.3) is 0 Å². The molecule has 0 aromatic carbocycles. The zero-order chi connectivity index (χ0) is 16.3. The molecule has 8 nitrogen and oxygen atoms in total. The summed E-state index contributed by atoms with van der Waals surface area (Å²) in [6.45, 7) is 5.62. The second kappa shape index (κ2) is 10.4. The molecule has 0 aromatic heterocycles. The molecule has 3 N–H and O–H groups in total. The van der Waals surface area contributed by atoms with Crippen LogP contribution in [0.3, 0.4) is 0 Å². The van der Waals surface area contributed by atoms with Crippen molar-refractivity contribution in [2.45, 2.75) is 38.9 Å². The van der Waals surface area contributed by atoms with Gasteiger partial charge in [0.15, 0.2) is 0 Å². The van der Waals surface area contributed by atoms with Gasteiger partial charge in [0, 0.05) is 19.8 Å². The Hall–Kier alpha value is -1.38. The summed E-state index contributed by atoms with van der Waals surface area (Å²) in [6, 6.07) is 0. The molecule has 0 heterocycles. The molecule has 0 saturated carbocycles. The summed E-state index contributed by atoms with van der Waals surface area (Å²) >= 11 is 0. The van der Waals surface area contributed by atoms with Gasteiger partial charge in [0.2, 0.25) is 0 Å². The van der Waals surface area contributed by atoms with Gasteiger partial charge in [-0.15, -0.1) is 0 Å². The van der Waals surface area contributed by atoms with Gasteiger partial charge in [0.1, 0.15) is 12.2 Å². The van der Waals surface area contributed by atoms with Crippen LogP contribution in [0.25, 0.3) is 0 Å². The van der Waals surface area contributed by atoms with Crippen LogP contribution in [0.15, 0.2) is 0 Å². The Labute approximate surface area is 124 Å². The number of carboxylic acid groups (broad SMARTS) is 1. The van der Waals surface area contributed by atoms with E-state index < -0.39 is 23.8 Å². The van der Waals surface area contributed by atoms with Crippen molar-refractivity contribution in [1.82, 2.24) is 5.32 Å². The molecule has 0 aliphatic carbocycles. The molecule has 0 aromatic rings. The molecule has 1 atom stereocenters. The van der Waals surface area contributed by atoms with Gasteiger partial charge in [0.05, 0.1) is 12.7 Å². The highest BCUT2D eigenvalue weighted by molar-refractivity contribution is 5.68. The van der Waals surface area contributed by atoms with E-state index >= 15 is 0 Å². The van der Waals surface area contributed by atoms with E-state index in [9.17, 15) is 14.7 Å². The Bertz CT molecular complexity index is 314. The van der Waals surface area contributed by atoms with Crippen LogP contribution in [0.2, 0.25) is 0 Å². The number of alkyl carbamates (subject to hydrolysis) is 1. The third-order valence-electron chi connectivity index (χ3n) is 1.99. The summed E-state index contributed by atoms with van der Waals surface area (Å²) in [6.07, 6.45) is -0.902. The van der Waals surface area contributed by atoms with E-state index in [0.717, 1.165) is 0 Å². The fourth-order valence-electron chi connectivity index (χ4n) is 1.22. The summed E-state index contributed by atoms with van der Waals surface area (Å²) in [5.74, 6) is -1.01. The quantitative estimate of drug-likeness (QED) is 0.500. The normalized spacial score (nSPS) is 12.8. The Morgan fingerprint density at radius 3 is 2.38 bits per heavy atom. The molecule has 21 heavy (non-hydrogen) atoms. The minimum Gasteiger partial charge on any atom is -0.480 e. The Balaban J connectivity index is 3.48. The van der Waals surface area contributed by atoms with Crippen LogP contribution in [-0.2, 0) is 19.0 Å². The maximum Gasteiger partial charge on any atom is 0.407 e. The van der Waals surface area contributed by atoms with Crippen molar-refractivity contribution in [3.63, 3.8) is 0 Å². The first-order valence-corrected chi connectivity index (χ1v) is 6.73. The van der Waals surface area contributed by atoms with Crippen molar-refractivity contribution in [2.75, 3.05) is 33.0 Å². The second-order valence-corrected chi connectivity index (χ2v) is 5.41. The van der Waals surface area contributed by atoms with Gasteiger partial charge in [-0.2, -0.15) is 0 Å². The number of amides is 1. The van der Waals surface area contributed by atoms with Crippen LogP contribution in [0, 0.1) is 0 Å². The van der Waals surface area contributed by atoms with E-state index in [1.165, 1.54) is 0 Å². The molecule has 1 unspecified atom stereocenters. The number of carboxylic acids is 1. The minimum atomic E-state index is -1.01.